The minimum Gasteiger partial charge on any atom is -0.477 e. The third-order valence-electron chi connectivity index (χ3n) is 2.20. The molecule has 4 N–H and O–H groups in total. The number of hydrogen-bond acceptors (Lipinski definition) is 5. The van der Waals surface area contributed by atoms with E-state index in [4.69, 9.17) is 14.9 Å². The lowest BCUT2D eigenvalue weighted by Crippen LogP contribution is -2.52. The molecule has 0 aliphatic carbocycles. The van der Waals surface area contributed by atoms with Crippen molar-refractivity contribution in [1.29, 1.82) is 0 Å². The fraction of sp³-hybridized carbons (Fsp3) is 0.750. The zero-order valence-corrected chi connectivity index (χ0v) is 7.97. The number of nitrogens with one attached hydrogen (secondary N) is 1. The highest BCUT2D eigenvalue weighted by molar-refractivity contribution is 5.77. The van der Waals surface area contributed by atoms with E-state index in [1.54, 1.807) is 0 Å². The topological polar surface area (TPSA) is 116 Å². The second kappa shape index (κ2) is 4.56. The van der Waals surface area contributed by atoms with Crippen LogP contribution in [-0.2, 0) is 14.3 Å². The van der Waals surface area contributed by atoms with Crippen LogP contribution in [0.15, 0.2) is 0 Å². The quantitative estimate of drug-likeness (QED) is 0.438. The number of amides is 1. The minimum atomic E-state index is -2.15. The Kier molecular flexibility index (Phi) is 3.61. The molecule has 0 spiro atoms. The Morgan fingerprint density at radius 2 is 2.20 bits per heavy atom. The monoisotopic (exact) mass is 219 g/mol. The van der Waals surface area contributed by atoms with Gasteiger partial charge < -0.3 is 25.4 Å². The van der Waals surface area contributed by atoms with E-state index in [9.17, 15) is 14.7 Å². The second-order valence-electron chi connectivity index (χ2n) is 3.36. The first-order valence-corrected chi connectivity index (χ1v) is 4.48. The van der Waals surface area contributed by atoms with Crippen LogP contribution in [0.2, 0.25) is 0 Å². The van der Waals surface area contributed by atoms with Crippen molar-refractivity contribution >= 4 is 11.9 Å². The van der Waals surface area contributed by atoms with E-state index in [0.717, 1.165) is 0 Å². The summed E-state index contributed by atoms with van der Waals surface area (Å²) >= 11 is 0. The number of hydrogen-bond donors (Lipinski definition) is 4. The van der Waals surface area contributed by atoms with Gasteiger partial charge in [-0.2, -0.15) is 0 Å². The van der Waals surface area contributed by atoms with Crippen LogP contribution in [0.4, 0.5) is 0 Å². The zero-order chi connectivity index (χ0) is 11.5. The van der Waals surface area contributed by atoms with Crippen LogP contribution in [0, 0.1) is 0 Å². The van der Waals surface area contributed by atoms with Gasteiger partial charge >= 0.3 is 5.97 Å². The van der Waals surface area contributed by atoms with Gasteiger partial charge in [-0.1, -0.05) is 0 Å². The summed E-state index contributed by atoms with van der Waals surface area (Å²) in [6.07, 6.45) is 0.188. The molecule has 1 rings (SSSR count). The highest BCUT2D eigenvalue weighted by Crippen LogP contribution is 2.22. The minimum absolute atomic E-state index is 0.0887. The van der Waals surface area contributed by atoms with E-state index in [0.29, 0.717) is 0 Å². The summed E-state index contributed by atoms with van der Waals surface area (Å²) in [6.45, 7) is -0.714. The fourth-order valence-electron chi connectivity index (χ4n) is 1.32. The molecule has 7 heteroatoms. The summed E-state index contributed by atoms with van der Waals surface area (Å²) < 4.78 is 4.74. The van der Waals surface area contributed by atoms with Crippen LogP contribution in [0.25, 0.3) is 0 Å². The first-order valence-electron chi connectivity index (χ1n) is 4.48. The smallest absolute Gasteiger partial charge is 0.364 e. The number of carbonyl (C=O) groups is 2. The molecule has 2 unspecified atom stereocenters. The molecule has 0 aromatic heterocycles. The van der Waals surface area contributed by atoms with Gasteiger partial charge in [-0.25, -0.2) is 4.79 Å². The van der Waals surface area contributed by atoms with Crippen molar-refractivity contribution in [2.24, 2.45) is 0 Å². The van der Waals surface area contributed by atoms with Crippen molar-refractivity contribution in [3.8, 4) is 0 Å². The number of carboxylic acid groups (broad SMARTS) is 1. The summed E-state index contributed by atoms with van der Waals surface area (Å²) in [5.74, 6) is -4.14. The number of ether oxygens (including phenoxy) is 1. The highest BCUT2D eigenvalue weighted by atomic mass is 16.6. The van der Waals surface area contributed by atoms with Gasteiger partial charge in [0, 0.05) is 6.42 Å². The van der Waals surface area contributed by atoms with Crippen molar-refractivity contribution in [1.82, 2.24) is 5.32 Å². The number of carbonyl (C=O) groups excluding carboxylic acids is 1. The lowest BCUT2D eigenvalue weighted by Gasteiger charge is -2.32. The van der Waals surface area contributed by atoms with E-state index in [1.165, 1.54) is 0 Å². The number of carboxylic acids is 1. The summed E-state index contributed by atoms with van der Waals surface area (Å²) in [7, 11) is 0. The molecule has 1 heterocycles. The van der Waals surface area contributed by atoms with Crippen LogP contribution < -0.4 is 5.32 Å². The Bertz CT molecular complexity index is 258. The van der Waals surface area contributed by atoms with E-state index < -0.39 is 24.3 Å². The molecular formula is C8H13NO6. The van der Waals surface area contributed by atoms with E-state index >= 15 is 0 Å². The van der Waals surface area contributed by atoms with Crippen molar-refractivity contribution in [3.63, 3.8) is 0 Å². The maximum absolute atomic E-state index is 10.8. The predicted molar refractivity (Wildman–Crippen MR) is 46.8 cm³/mol. The van der Waals surface area contributed by atoms with Crippen molar-refractivity contribution < 1.29 is 29.6 Å². The fourth-order valence-corrected chi connectivity index (χ4v) is 1.32. The molecule has 1 saturated heterocycles. The van der Waals surface area contributed by atoms with Crippen LogP contribution in [0.1, 0.15) is 12.8 Å². The van der Waals surface area contributed by atoms with Gasteiger partial charge in [0.1, 0.15) is 6.61 Å². The lowest BCUT2D eigenvalue weighted by atomic mass is 10.0. The van der Waals surface area contributed by atoms with Gasteiger partial charge in [0.05, 0.1) is 12.6 Å². The molecule has 2 atom stereocenters. The first kappa shape index (κ1) is 11.9. The van der Waals surface area contributed by atoms with E-state index in [-0.39, 0.29) is 25.5 Å². The maximum atomic E-state index is 10.8. The number of aliphatic hydroxyl groups is 2. The molecule has 7 nitrogen and oxygen atoms in total. The van der Waals surface area contributed by atoms with Gasteiger partial charge in [0.25, 0.3) is 5.79 Å². The molecule has 86 valence electrons. The van der Waals surface area contributed by atoms with Crippen molar-refractivity contribution in [2.75, 3.05) is 13.2 Å². The van der Waals surface area contributed by atoms with Gasteiger partial charge in [0.15, 0.2) is 0 Å². The van der Waals surface area contributed by atoms with Gasteiger partial charge in [0.2, 0.25) is 5.91 Å². The Hall–Kier alpha value is -1.18. The number of aliphatic hydroxyl groups excluding tert-OH is 1. The average Bonchev–Trinajstić information content (AvgIpc) is 2.21. The molecule has 15 heavy (non-hydrogen) atoms. The largest absolute Gasteiger partial charge is 0.477 e. The molecule has 0 bridgehead atoms. The van der Waals surface area contributed by atoms with Gasteiger partial charge in [-0.05, 0) is 6.42 Å². The molecule has 1 fully saturated rings. The van der Waals surface area contributed by atoms with Gasteiger partial charge in [-0.3, -0.25) is 4.79 Å². The normalized spacial score (nSPS) is 30.9. The number of aliphatic carboxylic acids is 1. The molecule has 1 aliphatic rings. The SMILES string of the molecule is O=C(CO)NC1CCC(O)(C(=O)O)OC1. The zero-order valence-electron chi connectivity index (χ0n) is 7.97. The second-order valence-corrected chi connectivity index (χ2v) is 3.36. The number of rotatable bonds is 3. The first-order chi connectivity index (χ1) is 6.98. The van der Waals surface area contributed by atoms with E-state index in [1.807, 2.05) is 0 Å². The molecule has 0 aromatic carbocycles. The molecule has 1 amide bonds. The summed E-state index contributed by atoms with van der Waals surface area (Å²) in [5, 5.41) is 28.9. The van der Waals surface area contributed by atoms with Crippen LogP contribution >= 0.6 is 0 Å². The summed E-state index contributed by atoms with van der Waals surface area (Å²) in [4.78, 5) is 21.3. The Labute approximate surface area is 85.7 Å². The maximum Gasteiger partial charge on any atom is 0.364 e. The lowest BCUT2D eigenvalue weighted by molar-refractivity contribution is -0.239. The van der Waals surface area contributed by atoms with Crippen molar-refractivity contribution in [2.45, 2.75) is 24.7 Å². The third kappa shape index (κ3) is 2.88. The predicted octanol–water partition coefficient (Wildman–Crippen LogP) is -1.95. The molecule has 0 radical (unpaired) electrons. The van der Waals surface area contributed by atoms with Crippen LogP contribution in [0.3, 0.4) is 0 Å². The third-order valence-corrected chi connectivity index (χ3v) is 2.20. The molecule has 0 saturated carbocycles. The highest BCUT2D eigenvalue weighted by Gasteiger charge is 2.41. The Balaban J connectivity index is 2.42. The molecule has 1 aliphatic heterocycles. The van der Waals surface area contributed by atoms with Crippen LogP contribution in [-0.4, -0.2) is 52.2 Å². The van der Waals surface area contributed by atoms with E-state index in [2.05, 4.69) is 5.32 Å². The van der Waals surface area contributed by atoms with Gasteiger partial charge in [-0.15, -0.1) is 0 Å². The summed E-state index contributed by atoms with van der Waals surface area (Å²) in [5.41, 5.74) is 0. The average molecular weight is 219 g/mol. The van der Waals surface area contributed by atoms with Crippen molar-refractivity contribution in [3.05, 3.63) is 0 Å². The molecular weight excluding hydrogens is 206 g/mol. The summed E-state index contributed by atoms with van der Waals surface area (Å²) in [6, 6.07) is -0.371. The standard InChI is InChI=1S/C8H13NO6/c10-3-6(11)9-5-1-2-8(14,7(12)13)15-4-5/h5,10,14H,1-4H2,(H,9,11)(H,12,13). The Morgan fingerprint density at radius 1 is 1.53 bits per heavy atom. The molecule has 0 aromatic rings. The van der Waals surface area contributed by atoms with Crippen LogP contribution in [0.5, 0.6) is 0 Å². The Morgan fingerprint density at radius 3 is 2.60 bits per heavy atom.